The van der Waals surface area contributed by atoms with Crippen molar-refractivity contribution in [2.75, 3.05) is 14.2 Å². The molecule has 3 rings (SSSR count). The van der Waals surface area contributed by atoms with Crippen molar-refractivity contribution in [1.29, 1.82) is 0 Å². The molecule has 0 atom stereocenters. The molecule has 0 aliphatic carbocycles. The minimum atomic E-state index is -0.342. The molecule has 0 saturated heterocycles. The summed E-state index contributed by atoms with van der Waals surface area (Å²) in [5.74, 6) is 0.940. The summed E-state index contributed by atoms with van der Waals surface area (Å²) in [6.45, 7) is 0.0778. The van der Waals surface area contributed by atoms with Gasteiger partial charge in [-0.2, -0.15) is 5.10 Å². The molecule has 0 unspecified atom stereocenters. The average molecular weight is 408 g/mol. The lowest BCUT2D eigenvalue weighted by Crippen LogP contribution is -2.17. The monoisotopic (exact) mass is 408 g/mol. The van der Waals surface area contributed by atoms with Crippen LogP contribution >= 0.6 is 0 Å². The van der Waals surface area contributed by atoms with E-state index in [0.717, 1.165) is 0 Å². The Morgan fingerprint density at radius 3 is 2.47 bits per heavy atom. The maximum absolute atomic E-state index is 13.7. The van der Waals surface area contributed by atoms with Gasteiger partial charge in [0.25, 0.3) is 5.91 Å². The molecule has 0 spiro atoms. The Morgan fingerprint density at radius 1 is 1.00 bits per heavy atom. The number of nitrogens with zero attached hydrogens (tertiary/aromatic N) is 1. The fourth-order valence-corrected chi connectivity index (χ4v) is 2.63. The number of nitrogens with one attached hydrogen (secondary N) is 1. The first kappa shape index (κ1) is 20.9. The number of halogens is 1. The quantitative estimate of drug-likeness (QED) is 0.448. The molecule has 0 aromatic heterocycles. The van der Waals surface area contributed by atoms with Gasteiger partial charge in [0, 0.05) is 11.1 Å². The molecule has 0 fully saturated rings. The number of methoxy groups -OCH3 is 2. The highest BCUT2D eigenvalue weighted by molar-refractivity contribution is 5.95. The van der Waals surface area contributed by atoms with Crippen molar-refractivity contribution in [3.8, 4) is 17.2 Å². The van der Waals surface area contributed by atoms with E-state index in [2.05, 4.69) is 10.5 Å². The van der Waals surface area contributed by atoms with Crippen molar-refractivity contribution < 1.29 is 23.4 Å². The lowest BCUT2D eigenvalue weighted by molar-refractivity contribution is 0.0955. The molecular formula is C23H21FN2O4. The molecule has 30 heavy (non-hydrogen) atoms. The van der Waals surface area contributed by atoms with Crippen LogP contribution in [0.1, 0.15) is 21.5 Å². The smallest absolute Gasteiger partial charge is 0.271 e. The van der Waals surface area contributed by atoms with Crippen molar-refractivity contribution >= 4 is 12.1 Å². The number of carbonyl (C=O) groups is 1. The van der Waals surface area contributed by atoms with Crippen LogP contribution in [-0.4, -0.2) is 26.3 Å². The molecule has 1 N–H and O–H groups in total. The average Bonchev–Trinajstić information content (AvgIpc) is 2.79. The van der Waals surface area contributed by atoms with Crippen molar-refractivity contribution in [1.82, 2.24) is 5.43 Å². The number of benzene rings is 3. The standard InChI is InChI=1S/C23H21FN2O4/c1-28-19-10-8-17(9-11-19)23(27)26-25-14-16-7-12-21(22(13-16)29-2)30-15-18-5-3-4-6-20(18)24/h3-14H,15H2,1-2H3,(H,26,27)/b25-14+. The molecule has 0 radical (unpaired) electrons. The highest BCUT2D eigenvalue weighted by atomic mass is 19.1. The number of hydrazone groups is 1. The predicted molar refractivity (Wildman–Crippen MR) is 112 cm³/mol. The first-order valence-corrected chi connectivity index (χ1v) is 9.12. The van der Waals surface area contributed by atoms with Gasteiger partial charge in [0.05, 0.1) is 20.4 Å². The summed E-state index contributed by atoms with van der Waals surface area (Å²) in [6.07, 6.45) is 1.49. The molecule has 1 amide bonds. The first-order valence-electron chi connectivity index (χ1n) is 9.12. The van der Waals surface area contributed by atoms with Crippen LogP contribution in [0.2, 0.25) is 0 Å². The molecule has 0 aliphatic heterocycles. The molecule has 154 valence electrons. The van der Waals surface area contributed by atoms with E-state index < -0.39 is 0 Å². The van der Waals surface area contributed by atoms with Crippen LogP contribution in [0.4, 0.5) is 4.39 Å². The Hall–Kier alpha value is -3.87. The number of ether oxygens (including phenoxy) is 3. The largest absolute Gasteiger partial charge is 0.497 e. The summed E-state index contributed by atoms with van der Waals surface area (Å²) in [4.78, 5) is 12.1. The Labute approximate surface area is 173 Å². The third kappa shape index (κ3) is 5.35. The zero-order valence-electron chi connectivity index (χ0n) is 16.6. The topological polar surface area (TPSA) is 69.2 Å². The normalized spacial score (nSPS) is 10.6. The van der Waals surface area contributed by atoms with Crippen LogP contribution in [-0.2, 0) is 6.61 Å². The van der Waals surface area contributed by atoms with Crippen molar-refractivity contribution in [2.24, 2.45) is 5.10 Å². The Bertz CT molecular complexity index is 1040. The molecule has 3 aromatic carbocycles. The lowest BCUT2D eigenvalue weighted by Gasteiger charge is -2.11. The molecular weight excluding hydrogens is 387 g/mol. The van der Waals surface area contributed by atoms with Crippen LogP contribution in [0.25, 0.3) is 0 Å². The van der Waals surface area contributed by atoms with Crippen LogP contribution in [0.5, 0.6) is 17.2 Å². The molecule has 3 aromatic rings. The van der Waals surface area contributed by atoms with Crippen molar-refractivity contribution in [2.45, 2.75) is 6.61 Å². The number of rotatable bonds is 8. The Balaban J connectivity index is 1.62. The second-order valence-corrected chi connectivity index (χ2v) is 6.22. The summed E-state index contributed by atoms with van der Waals surface area (Å²) in [7, 11) is 3.07. The summed E-state index contributed by atoms with van der Waals surface area (Å²) >= 11 is 0. The van der Waals surface area contributed by atoms with E-state index in [9.17, 15) is 9.18 Å². The van der Waals surface area contributed by atoms with E-state index in [1.807, 2.05) is 0 Å². The van der Waals surface area contributed by atoms with Crippen molar-refractivity contribution in [3.05, 3.63) is 89.2 Å². The maximum Gasteiger partial charge on any atom is 0.271 e. The van der Waals surface area contributed by atoms with E-state index in [0.29, 0.717) is 33.9 Å². The zero-order valence-corrected chi connectivity index (χ0v) is 16.6. The van der Waals surface area contributed by atoms with Crippen molar-refractivity contribution in [3.63, 3.8) is 0 Å². The van der Waals surface area contributed by atoms with Gasteiger partial charge in [-0.3, -0.25) is 4.79 Å². The van der Waals surface area contributed by atoms with E-state index in [1.165, 1.54) is 19.4 Å². The summed E-state index contributed by atoms with van der Waals surface area (Å²) in [5, 5.41) is 3.97. The van der Waals surface area contributed by atoms with Gasteiger partial charge in [-0.15, -0.1) is 0 Å². The van der Waals surface area contributed by atoms with Gasteiger partial charge in [0.15, 0.2) is 11.5 Å². The van der Waals surface area contributed by atoms with Gasteiger partial charge >= 0.3 is 0 Å². The number of carbonyl (C=O) groups excluding carboxylic acids is 1. The van der Waals surface area contributed by atoms with Gasteiger partial charge in [0.2, 0.25) is 0 Å². The number of hydrogen-bond acceptors (Lipinski definition) is 5. The number of amides is 1. The fourth-order valence-electron chi connectivity index (χ4n) is 2.63. The predicted octanol–water partition coefficient (Wildman–Crippen LogP) is 4.19. The highest BCUT2D eigenvalue weighted by Gasteiger charge is 2.08. The van der Waals surface area contributed by atoms with Gasteiger partial charge in [-0.05, 0) is 54.1 Å². The van der Waals surface area contributed by atoms with Gasteiger partial charge in [-0.1, -0.05) is 18.2 Å². The minimum absolute atomic E-state index is 0.0778. The number of hydrogen-bond donors (Lipinski definition) is 1. The SMILES string of the molecule is COc1ccc(C(=O)N/N=C/c2ccc(OCc3ccccc3F)c(OC)c2)cc1. The van der Waals surface area contributed by atoms with Crippen LogP contribution in [0.15, 0.2) is 71.8 Å². The molecule has 0 aliphatic rings. The highest BCUT2D eigenvalue weighted by Crippen LogP contribution is 2.28. The molecule has 0 saturated carbocycles. The molecule has 7 heteroatoms. The van der Waals surface area contributed by atoms with Gasteiger partial charge in [-0.25, -0.2) is 9.82 Å². The van der Waals surface area contributed by atoms with Gasteiger partial charge < -0.3 is 14.2 Å². The van der Waals surface area contributed by atoms with Crippen LogP contribution in [0, 0.1) is 5.82 Å². The summed E-state index contributed by atoms with van der Waals surface area (Å²) in [6, 6.07) is 18.3. The van der Waals surface area contributed by atoms with Gasteiger partial charge in [0.1, 0.15) is 18.2 Å². The summed E-state index contributed by atoms with van der Waals surface area (Å²) < 4.78 is 29.8. The third-order valence-electron chi connectivity index (χ3n) is 4.26. The summed E-state index contributed by atoms with van der Waals surface area (Å²) in [5.41, 5.74) is 4.07. The van der Waals surface area contributed by atoms with Crippen LogP contribution < -0.4 is 19.6 Å². The maximum atomic E-state index is 13.7. The lowest BCUT2D eigenvalue weighted by atomic mass is 10.2. The van der Waals surface area contributed by atoms with Crippen LogP contribution in [0.3, 0.4) is 0 Å². The minimum Gasteiger partial charge on any atom is -0.497 e. The van der Waals surface area contributed by atoms with E-state index in [-0.39, 0.29) is 18.3 Å². The molecule has 0 bridgehead atoms. The second kappa shape index (κ2) is 10.1. The molecule has 6 nitrogen and oxygen atoms in total. The van der Waals surface area contributed by atoms with E-state index in [4.69, 9.17) is 14.2 Å². The van der Waals surface area contributed by atoms with E-state index in [1.54, 1.807) is 67.8 Å². The zero-order chi connectivity index (χ0) is 21.3. The van der Waals surface area contributed by atoms with E-state index >= 15 is 0 Å². The fraction of sp³-hybridized carbons (Fsp3) is 0.130. The Morgan fingerprint density at radius 2 is 1.77 bits per heavy atom. The molecule has 0 heterocycles. The Kier molecular flexibility index (Phi) is 7.00. The first-order chi connectivity index (χ1) is 14.6. The third-order valence-corrected chi connectivity index (χ3v) is 4.26. The second-order valence-electron chi connectivity index (χ2n) is 6.22.